The van der Waals surface area contributed by atoms with Crippen molar-refractivity contribution in [3.05, 3.63) is 23.7 Å². The van der Waals surface area contributed by atoms with Gasteiger partial charge in [0.1, 0.15) is 12.4 Å². The molecule has 0 N–H and O–H groups in total. The van der Waals surface area contributed by atoms with Crippen LogP contribution < -0.4 is 0 Å². The molecule has 0 aromatic carbocycles. The van der Waals surface area contributed by atoms with Crippen LogP contribution in [0.15, 0.2) is 16.5 Å². The lowest BCUT2D eigenvalue weighted by atomic mass is 9.92. The highest BCUT2D eigenvalue weighted by molar-refractivity contribution is 5.91. The molecule has 1 amide bonds. The van der Waals surface area contributed by atoms with Crippen LogP contribution in [0.5, 0.6) is 0 Å². The van der Waals surface area contributed by atoms with Crippen LogP contribution in [0.1, 0.15) is 36.6 Å². The Bertz CT molecular complexity index is 403. The normalized spacial score (nSPS) is 24.3. The first-order valence-electron chi connectivity index (χ1n) is 6.47. The van der Waals surface area contributed by atoms with E-state index in [4.69, 9.17) is 9.15 Å². The van der Waals surface area contributed by atoms with Gasteiger partial charge in [0.05, 0.1) is 0 Å². The lowest BCUT2D eigenvalue weighted by Crippen LogP contribution is -2.42. The number of methoxy groups -OCH3 is 1. The Morgan fingerprint density at radius 2 is 2.06 bits per heavy atom. The maximum absolute atomic E-state index is 12.3. The minimum Gasteiger partial charge on any atom is -0.453 e. The maximum Gasteiger partial charge on any atom is 0.289 e. The van der Waals surface area contributed by atoms with Crippen LogP contribution in [-0.4, -0.2) is 31.0 Å². The third kappa shape index (κ3) is 2.93. The van der Waals surface area contributed by atoms with Gasteiger partial charge in [0.25, 0.3) is 5.91 Å². The average molecular weight is 251 g/mol. The molecule has 4 heteroatoms. The van der Waals surface area contributed by atoms with E-state index in [2.05, 4.69) is 13.8 Å². The number of ether oxygens (including phenoxy) is 1. The van der Waals surface area contributed by atoms with E-state index in [9.17, 15) is 4.79 Å². The molecular formula is C14H21NO3. The Labute approximate surface area is 108 Å². The Hall–Kier alpha value is -1.29. The molecule has 0 aliphatic carbocycles. The second-order valence-corrected chi connectivity index (χ2v) is 5.36. The summed E-state index contributed by atoms with van der Waals surface area (Å²) in [5.74, 6) is 2.23. The molecule has 0 bridgehead atoms. The number of carbonyl (C=O) groups is 1. The monoisotopic (exact) mass is 251 g/mol. The molecule has 4 nitrogen and oxygen atoms in total. The molecule has 2 heterocycles. The predicted octanol–water partition coefficient (Wildman–Crippen LogP) is 2.54. The molecule has 100 valence electrons. The molecule has 1 saturated heterocycles. The molecule has 0 spiro atoms. The number of likely N-dealkylation sites (tertiary alicyclic amines) is 1. The zero-order valence-electron chi connectivity index (χ0n) is 11.3. The highest BCUT2D eigenvalue weighted by atomic mass is 16.5. The Kier molecular flexibility index (Phi) is 4.07. The molecule has 1 aromatic heterocycles. The molecule has 1 aromatic rings. The lowest BCUT2D eigenvalue weighted by Gasteiger charge is -2.34. The third-order valence-electron chi connectivity index (χ3n) is 3.32. The molecule has 0 saturated carbocycles. The van der Waals surface area contributed by atoms with Crippen LogP contribution in [0, 0.1) is 11.8 Å². The van der Waals surface area contributed by atoms with Crippen molar-refractivity contribution in [2.45, 2.75) is 26.9 Å². The Morgan fingerprint density at radius 3 is 2.67 bits per heavy atom. The van der Waals surface area contributed by atoms with Crippen LogP contribution in [-0.2, 0) is 11.3 Å². The second-order valence-electron chi connectivity index (χ2n) is 5.36. The van der Waals surface area contributed by atoms with E-state index in [1.54, 1.807) is 19.2 Å². The number of rotatable bonds is 3. The first-order valence-corrected chi connectivity index (χ1v) is 6.47. The molecular weight excluding hydrogens is 230 g/mol. The summed E-state index contributed by atoms with van der Waals surface area (Å²) in [7, 11) is 1.61. The molecule has 1 aliphatic heterocycles. The van der Waals surface area contributed by atoms with E-state index in [1.807, 2.05) is 4.90 Å². The van der Waals surface area contributed by atoms with Gasteiger partial charge >= 0.3 is 0 Å². The van der Waals surface area contributed by atoms with Crippen molar-refractivity contribution in [2.75, 3.05) is 20.2 Å². The molecule has 2 rings (SSSR count). The lowest BCUT2D eigenvalue weighted by molar-refractivity contribution is 0.0585. The highest BCUT2D eigenvalue weighted by Gasteiger charge is 2.27. The highest BCUT2D eigenvalue weighted by Crippen LogP contribution is 2.23. The summed E-state index contributed by atoms with van der Waals surface area (Å²) < 4.78 is 10.5. The van der Waals surface area contributed by atoms with E-state index < -0.39 is 0 Å². The Balaban J connectivity index is 2.05. The van der Waals surface area contributed by atoms with Gasteiger partial charge in [-0.3, -0.25) is 4.79 Å². The van der Waals surface area contributed by atoms with Crippen LogP contribution in [0.3, 0.4) is 0 Å². The van der Waals surface area contributed by atoms with Crippen LogP contribution in [0.2, 0.25) is 0 Å². The van der Waals surface area contributed by atoms with E-state index in [-0.39, 0.29) is 5.91 Å². The van der Waals surface area contributed by atoms with E-state index >= 15 is 0 Å². The molecule has 1 fully saturated rings. The largest absolute Gasteiger partial charge is 0.453 e. The van der Waals surface area contributed by atoms with Gasteiger partial charge in [0.2, 0.25) is 0 Å². The van der Waals surface area contributed by atoms with Gasteiger partial charge in [-0.2, -0.15) is 0 Å². The van der Waals surface area contributed by atoms with Gasteiger partial charge in [0, 0.05) is 20.2 Å². The number of hydrogen-bond acceptors (Lipinski definition) is 3. The van der Waals surface area contributed by atoms with Gasteiger partial charge < -0.3 is 14.1 Å². The molecule has 2 unspecified atom stereocenters. The fourth-order valence-electron chi connectivity index (χ4n) is 2.70. The van der Waals surface area contributed by atoms with Crippen molar-refractivity contribution in [1.29, 1.82) is 0 Å². The van der Waals surface area contributed by atoms with Gasteiger partial charge in [0.15, 0.2) is 5.76 Å². The first-order chi connectivity index (χ1) is 8.60. The predicted molar refractivity (Wildman–Crippen MR) is 68.3 cm³/mol. The van der Waals surface area contributed by atoms with Crippen LogP contribution >= 0.6 is 0 Å². The van der Waals surface area contributed by atoms with Crippen molar-refractivity contribution in [1.82, 2.24) is 4.90 Å². The topological polar surface area (TPSA) is 42.7 Å². The number of furan rings is 1. The summed E-state index contributed by atoms with van der Waals surface area (Å²) in [5, 5.41) is 0. The fraction of sp³-hybridized carbons (Fsp3) is 0.643. The summed E-state index contributed by atoms with van der Waals surface area (Å²) in [5.41, 5.74) is 0. The number of amides is 1. The van der Waals surface area contributed by atoms with E-state index in [1.165, 1.54) is 6.42 Å². The third-order valence-corrected chi connectivity index (χ3v) is 3.32. The van der Waals surface area contributed by atoms with Crippen molar-refractivity contribution >= 4 is 5.91 Å². The first kappa shape index (κ1) is 13.1. The summed E-state index contributed by atoms with van der Waals surface area (Å²) in [6.07, 6.45) is 1.19. The van der Waals surface area contributed by atoms with Gasteiger partial charge in [-0.05, 0) is 30.4 Å². The second kappa shape index (κ2) is 5.57. The number of hydrogen-bond donors (Lipinski definition) is 0. The Morgan fingerprint density at radius 1 is 1.39 bits per heavy atom. The number of nitrogens with zero attached hydrogens (tertiary/aromatic N) is 1. The standard InChI is InChI=1S/C14H21NO3/c1-10-6-11(2)8-15(7-10)14(16)13-5-4-12(18-13)9-17-3/h4-5,10-11H,6-9H2,1-3H3. The number of piperidine rings is 1. The smallest absolute Gasteiger partial charge is 0.289 e. The maximum atomic E-state index is 12.3. The SMILES string of the molecule is COCc1ccc(C(=O)N2CC(C)CC(C)C2)o1. The molecule has 1 aliphatic rings. The summed E-state index contributed by atoms with van der Waals surface area (Å²) in [6.45, 7) is 6.43. The zero-order valence-corrected chi connectivity index (χ0v) is 11.3. The fourth-order valence-corrected chi connectivity index (χ4v) is 2.70. The zero-order chi connectivity index (χ0) is 13.1. The molecule has 2 atom stereocenters. The van der Waals surface area contributed by atoms with E-state index in [0.717, 1.165) is 13.1 Å². The van der Waals surface area contributed by atoms with Crippen molar-refractivity contribution < 1.29 is 13.9 Å². The number of carbonyl (C=O) groups excluding carboxylic acids is 1. The van der Waals surface area contributed by atoms with E-state index in [0.29, 0.717) is 30.0 Å². The van der Waals surface area contributed by atoms with Crippen molar-refractivity contribution in [3.8, 4) is 0 Å². The molecule has 18 heavy (non-hydrogen) atoms. The van der Waals surface area contributed by atoms with Gasteiger partial charge in [-0.25, -0.2) is 0 Å². The summed E-state index contributed by atoms with van der Waals surface area (Å²) >= 11 is 0. The summed E-state index contributed by atoms with van der Waals surface area (Å²) in [6, 6.07) is 3.54. The van der Waals surface area contributed by atoms with Crippen LogP contribution in [0.4, 0.5) is 0 Å². The van der Waals surface area contributed by atoms with Crippen molar-refractivity contribution in [2.24, 2.45) is 11.8 Å². The quantitative estimate of drug-likeness (QED) is 0.829. The molecule has 0 radical (unpaired) electrons. The van der Waals surface area contributed by atoms with Crippen LogP contribution in [0.25, 0.3) is 0 Å². The summed E-state index contributed by atoms with van der Waals surface area (Å²) in [4.78, 5) is 14.2. The van der Waals surface area contributed by atoms with Gasteiger partial charge in [-0.15, -0.1) is 0 Å². The van der Waals surface area contributed by atoms with Gasteiger partial charge in [-0.1, -0.05) is 13.8 Å². The van der Waals surface area contributed by atoms with Crippen molar-refractivity contribution in [3.63, 3.8) is 0 Å². The average Bonchev–Trinajstić information content (AvgIpc) is 2.76. The minimum absolute atomic E-state index is 0.00393. The minimum atomic E-state index is -0.00393.